The van der Waals surface area contributed by atoms with E-state index in [1.807, 2.05) is 18.7 Å². The van der Waals surface area contributed by atoms with Crippen molar-refractivity contribution >= 4 is 46.7 Å². The Morgan fingerprint density at radius 2 is 1.80 bits per heavy atom. The van der Waals surface area contributed by atoms with Crippen molar-refractivity contribution in [3.05, 3.63) is 5.82 Å². The SMILES string of the molecule is CC(C)Nc1nc(N2CCNCC2)nc(C(Cl)(Cl)Cl)n1. The van der Waals surface area contributed by atoms with Crippen molar-refractivity contribution in [2.24, 2.45) is 0 Å². The molecule has 20 heavy (non-hydrogen) atoms. The second-order valence-corrected chi connectivity index (χ2v) is 7.10. The minimum atomic E-state index is -1.67. The number of halogens is 3. The van der Waals surface area contributed by atoms with E-state index in [9.17, 15) is 0 Å². The quantitative estimate of drug-likeness (QED) is 0.820. The molecule has 0 aromatic carbocycles. The van der Waals surface area contributed by atoms with Gasteiger partial charge in [0, 0.05) is 32.2 Å². The van der Waals surface area contributed by atoms with Crippen LogP contribution in [0.25, 0.3) is 0 Å². The van der Waals surface area contributed by atoms with E-state index >= 15 is 0 Å². The van der Waals surface area contributed by atoms with Gasteiger partial charge in [-0.1, -0.05) is 34.8 Å². The summed E-state index contributed by atoms with van der Waals surface area (Å²) >= 11 is 17.7. The molecule has 2 rings (SSSR count). The zero-order valence-corrected chi connectivity index (χ0v) is 13.6. The number of anilines is 2. The predicted molar refractivity (Wildman–Crippen MR) is 82.9 cm³/mol. The monoisotopic (exact) mass is 338 g/mol. The van der Waals surface area contributed by atoms with E-state index in [1.165, 1.54) is 0 Å². The Morgan fingerprint density at radius 3 is 2.35 bits per heavy atom. The van der Waals surface area contributed by atoms with Crippen molar-refractivity contribution < 1.29 is 0 Å². The molecule has 0 radical (unpaired) electrons. The molecule has 2 N–H and O–H groups in total. The molecule has 6 nitrogen and oxygen atoms in total. The van der Waals surface area contributed by atoms with Crippen LogP contribution in [0.1, 0.15) is 19.7 Å². The van der Waals surface area contributed by atoms with E-state index in [0.717, 1.165) is 26.2 Å². The Hall–Kier alpha value is -0.560. The first-order valence-corrected chi connectivity index (χ1v) is 7.55. The average molecular weight is 340 g/mol. The molecule has 0 bridgehead atoms. The van der Waals surface area contributed by atoms with Crippen molar-refractivity contribution in [3.8, 4) is 0 Å². The third-order valence-corrected chi connectivity index (χ3v) is 3.20. The predicted octanol–water partition coefficient (Wildman–Crippen LogP) is 1.93. The fraction of sp³-hybridized carbons (Fsp3) is 0.727. The molecule has 0 saturated carbocycles. The third kappa shape index (κ3) is 4.22. The number of nitrogens with one attached hydrogen (secondary N) is 2. The molecule has 9 heteroatoms. The van der Waals surface area contributed by atoms with Gasteiger partial charge in [-0.2, -0.15) is 15.0 Å². The number of rotatable bonds is 3. The lowest BCUT2D eigenvalue weighted by Gasteiger charge is -2.28. The summed E-state index contributed by atoms with van der Waals surface area (Å²) in [6.07, 6.45) is 0. The normalized spacial score (nSPS) is 16.6. The molecule has 1 saturated heterocycles. The van der Waals surface area contributed by atoms with Gasteiger partial charge in [-0.15, -0.1) is 0 Å². The van der Waals surface area contributed by atoms with Crippen molar-refractivity contribution in [3.63, 3.8) is 0 Å². The first-order chi connectivity index (χ1) is 9.36. The molecule has 112 valence electrons. The Morgan fingerprint density at radius 1 is 1.15 bits per heavy atom. The van der Waals surface area contributed by atoms with Crippen molar-refractivity contribution in [1.29, 1.82) is 0 Å². The minimum absolute atomic E-state index is 0.134. The maximum atomic E-state index is 5.90. The molecule has 0 atom stereocenters. The summed E-state index contributed by atoms with van der Waals surface area (Å²) in [6, 6.07) is 0.177. The summed E-state index contributed by atoms with van der Waals surface area (Å²) in [5.74, 6) is 1.09. The Labute approximate surface area is 133 Å². The van der Waals surface area contributed by atoms with Crippen molar-refractivity contribution in [1.82, 2.24) is 20.3 Å². The highest BCUT2D eigenvalue weighted by Crippen LogP contribution is 2.36. The van der Waals surface area contributed by atoms with Crippen molar-refractivity contribution in [2.75, 3.05) is 36.4 Å². The molecular weight excluding hydrogens is 323 g/mol. The topological polar surface area (TPSA) is 66.0 Å². The second-order valence-electron chi connectivity index (χ2n) is 4.82. The average Bonchev–Trinajstić information content (AvgIpc) is 2.37. The molecule has 0 unspecified atom stereocenters. The summed E-state index contributed by atoms with van der Waals surface area (Å²) in [6.45, 7) is 7.35. The fourth-order valence-corrected chi connectivity index (χ4v) is 2.07. The van der Waals surface area contributed by atoms with E-state index < -0.39 is 3.79 Å². The molecule has 0 spiro atoms. The molecule has 0 amide bonds. The van der Waals surface area contributed by atoms with Gasteiger partial charge in [-0.3, -0.25) is 0 Å². The van der Waals surface area contributed by atoms with Crippen LogP contribution in [0.5, 0.6) is 0 Å². The van der Waals surface area contributed by atoms with Crippen LogP contribution in [0, 0.1) is 0 Å². The van der Waals surface area contributed by atoms with Gasteiger partial charge in [0.15, 0.2) is 5.82 Å². The van der Waals surface area contributed by atoms with Gasteiger partial charge in [0.2, 0.25) is 15.7 Å². The van der Waals surface area contributed by atoms with E-state index in [4.69, 9.17) is 34.8 Å². The van der Waals surface area contributed by atoms with Crippen LogP contribution in [0.4, 0.5) is 11.9 Å². The van der Waals surface area contributed by atoms with Crippen LogP contribution in [0.3, 0.4) is 0 Å². The van der Waals surface area contributed by atoms with E-state index in [1.54, 1.807) is 0 Å². The van der Waals surface area contributed by atoms with Gasteiger partial charge < -0.3 is 15.5 Å². The zero-order valence-electron chi connectivity index (χ0n) is 11.3. The third-order valence-electron chi connectivity index (χ3n) is 2.69. The van der Waals surface area contributed by atoms with Crippen LogP contribution in [0.15, 0.2) is 0 Å². The zero-order chi connectivity index (χ0) is 14.8. The smallest absolute Gasteiger partial charge is 0.250 e. The van der Waals surface area contributed by atoms with Crippen LogP contribution >= 0.6 is 34.8 Å². The summed E-state index contributed by atoms with van der Waals surface area (Å²) in [5.41, 5.74) is 0. The summed E-state index contributed by atoms with van der Waals surface area (Å²) in [5, 5.41) is 6.39. The lowest BCUT2D eigenvalue weighted by Crippen LogP contribution is -2.44. The lowest BCUT2D eigenvalue weighted by molar-refractivity contribution is 0.577. The molecule has 1 aromatic rings. The summed E-state index contributed by atoms with van der Waals surface area (Å²) < 4.78 is -1.67. The van der Waals surface area contributed by atoms with E-state index in [0.29, 0.717) is 11.9 Å². The number of aromatic nitrogens is 3. The van der Waals surface area contributed by atoms with Gasteiger partial charge >= 0.3 is 0 Å². The summed E-state index contributed by atoms with van der Waals surface area (Å²) in [4.78, 5) is 14.9. The van der Waals surface area contributed by atoms with Crippen molar-refractivity contribution in [2.45, 2.75) is 23.7 Å². The lowest BCUT2D eigenvalue weighted by atomic mass is 10.4. The Bertz CT molecular complexity index is 456. The van der Waals surface area contributed by atoms with Gasteiger partial charge in [-0.25, -0.2) is 0 Å². The highest BCUT2D eigenvalue weighted by molar-refractivity contribution is 6.66. The number of piperazine rings is 1. The van der Waals surface area contributed by atoms with E-state index in [2.05, 4.69) is 25.6 Å². The van der Waals surface area contributed by atoms with Crippen LogP contribution in [-0.2, 0) is 3.79 Å². The van der Waals surface area contributed by atoms with Crippen LogP contribution in [-0.4, -0.2) is 47.2 Å². The summed E-state index contributed by atoms with van der Waals surface area (Å²) in [7, 11) is 0. The fourth-order valence-electron chi connectivity index (χ4n) is 1.82. The minimum Gasteiger partial charge on any atom is -0.352 e. The van der Waals surface area contributed by atoms with Gasteiger partial charge in [0.05, 0.1) is 0 Å². The first-order valence-electron chi connectivity index (χ1n) is 6.42. The van der Waals surface area contributed by atoms with Crippen LogP contribution in [0.2, 0.25) is 0 Å². The van der Waals surface area contributed by atoms with E-state index in [-0.39, 0.29) is 11.9 Å². The molecule has 1 aliphatic rings. The maximum absolute atomic E-state index is 5.90. The number of alkyl halides is 3. The molecular formula is C11H17Cl3N6. The second kappa shape index (κ2) is 6.47. The number of hydrogen-bond donors (Lipinski definition) is 2. The molecule has 1 aromatic heterocycles. The Kier molecular flexibility index (Phi) is 5.12. The highest BCUT2D eigenvalue weighted by atomic mass is 35.6. The number of nitrogens with zero attached hydrogens (tertiary/aromatic N) is 4. The maximum Gasteiger partial charge on any atom is 0.250 e. The van der Waals surface area contributed by atoms with Gasteiger partial charge in [0.1, 0.15) is 0 Å². The molecule has 0 aliphatic carbocycles. The Balaban J connectivity index is 2.34. The number of hydrogen-bond acceptors (Lipinski definition) is 6. The molecule has 1 fully saturated rings. The first kappa shape index (κ1) is 15.8. The highest BCUT2D eigenvalue weighted by Gasteiger charge is 2.29. The largest absolute Gasteiger partial charge is 0.352 e. The molecule has 2 heterocycles. The van der Waals surface area contributed by atoms with Crippen LogP contribution < -0.4 is 15.5 Å². The van der Waals surface area contributed by atoms with Gasteiger partial charge in [-0.05, 0) is 13.8 Å². The van der Waals surface area contributed by atoms with Gasteiger partial charge in [0.25, 0.3) is 0 Å². The standard InChI is InChI=1S/C11H17Cl3N6/c1-7(2)16-9-17-8(11(12,13)14)18-10(19-9)20-5-3-15-4-6-20/h7,15H,3-6H2,1-2H3,(H,16,17,18,19). The molecule has 1 aliphatic heterocycles.